The SMILES string of the molecule is COCCNC(=O)c1cnc(N2CCN(Cc3ccc4c(c3)OCO4)CC2)cn1. The molecule has 0 spiro atoms. The fraction of sp³-hybridized carbons (Fsp3) is 0.450. The summed E-state index contributed by atoms with van der Waals surface area (Å²) in [5.74, 6) is 2.19. The molecule has 1 N–H and O–H groups in total. The number of amides is 1. The van der Waals surface area contributed by atoms with E-state index in [1.807, 2.05) is 6.07 Å². The van der Waals surface area contributed by atoms with E-state index in [-0.39, 0.29) is 5.91 Å². The van der Waals surface area contributed by atoms with Crippen molar-refractivity contribution < 1.29 is 19.0 Å². The minimum atomic E-state index is -0.241. The van der Waals surface area contributed by atoms with Gasteiger partial charge in [-0.25, -0.2) is 9.97 Å². The zero-order chi connectivity index (χ0) is 20.1. The monoisotopic (exact) mass is 399 g/mol. The molecule has 2 aliphatic rings. The molecule has 0 aliphatic carbocycles. The predicted octanol–water partition coefficient (Wildman–Crippen LogP) is 0.904. The summed E-state index contributed by atoms with van der Waals surface area (Å²) >= 11 is 0. The Kier molecular flexibility index (Phi) is 6.06. The Morgan fingerprint density at radius 3 is 2.72 bits per heavy atom. The molecule has 1 aromatic carbocycles. The van der Waals surface area contributed by atoms with Gasteiger partial charge in [0.2, 0.25) is 6.79 Å². The second-order valence-corrected chi connectivity index (χ2v) is 6.96. The van der Waals surface area contributed by atoms with Crippen molar-refractivity contribution in [3.05, 3.63) is 41.9 Å². The van der Waals surface area contributed by atoms with E-state index in [9.17, 15) is 4.79 Å². The predicted molar refractivity (Wildman–Crippen MR) is 106 cm³/mol. The molecule has 9 heteroatoms. The van der Waals surface area contributed by atoms with Gasteiger partial charge >= 0.3 is 0 Å². The average Bonchev–Trinajstić information content (AvgIpc) is 3.22. The zero-order valence-electron chi connectivity index (χ0n) is 16.5. The minimum absolute atomic E-state index is 0.241. The van der Waals surface area contributed by atoms with Crippen LogP contribution < -0.4 is 19.7 Å². The van der Waals surface area contributed by atoms with Crippen molar-refractivity contribution in [1.82, 2.24) is 20.2 Å². The highest BCUT2D eigenvalue weighted by Crippen LogP contribution is 2.32. The van der Waals surface area contributed by atoms with Crippen molar-refractivity contribution in [2.45, 2.75) is 6.54 Å². The highest BCUT2D eigenvalue weighted by Gasteiger charge is 2.20. The Morgan fingerprint density at radius 2 is 1.97 bits per heavy atom. The van der Waals surface area contributed by atoms with Gasteiger partial charge in [0.25, 0.3) is 5.91 Å². The van der Waals surface area contributed by atoms with Gasteiger partial charge in [-0.1, -0.05) is 6.07 Å². The first-order chi connectivity index (χ1) is 14.2. The van der Waals surface area contributed by atoms with Crippen LogP contribution >= 0.6 is 0 Å². The second-order valence-electron chi connectivity index (χ2n) is 6.96. The summed E-state index contributed by atoms with van der Waals surface area (Å²) < 4.78 is 15.7. The number of rotatable bonds is 7. The molecule has 4 rings (SSSR count). The number of ether oxygens (including phenoxy) is 3. The Hall–Kier alpha value is -2.91. The van der Waals surface area contributed by atoms with E-state index >= 15 is 0 Å². The molecule has 0 unspecified atom stereocenters. The van der Waals surface area contributed by atoms with Gasteiger partial charge in [-0.15, -0.1) is 0 Å². The third-order valence-corrected chi connectivity index (χ3v) is 5.00. The molecule has 0 radical (unpaired) electrons. The van der Waals surface area contributed by atoms with Gasteiger partial charge < -0.3 is 24.4 Å². The number of carbonyl (C=O) groups is 1. The lowest BCUT2D eigenvalue weighted by Gasteiger charge is -2.35. The molecule has 2 aliphatic heterocycles. The molecule has 1 fully saturated rings. The number of fused-ring (bicyclic) bond motifs is 1. The molecule has 0 bridgehead atoms. The number of methoxy groups -OCH3 is 1. The molecule has 1 aromatic heterocycles. The molecule has 2 aromatic rings. The summed E-state index contributed by atoms with van der Waals surface area (Å²) in [6.07, 6.45) is 3.19. The first kappa shape index (κ1) is 19.4. The quantitative estimate of drug-likeness (QED) is 0.687. The van der Waals surface area contributed by atoms with Crippen LogP contribution in [0, 0.1) is 0 Å². The number of nitrogens with one attached hydrogen (secondary N) is 1. The lowest BCUT2D eigenvalue weighted by atomic mass is 10.1. The number of hydrogen-bond acceptors (Lipinski definition) is 8. The molecule has 0 saturated carbocycles. The Morgan fingerprint density at radius 1 is 1.14 bits per heavy atom. The molecule has 3 heterocycles. The van der Waals surface area contributed by atoms with E-state index in [1.54, 1.807) is 13.3 Å². The lowest BCUT2D eigenvalue weighted by Crippen LogP contribution is -2.46. The number of piperazine rings is 1. The normalized spacial score (nSPS) is 16.1. The van der Waals surface area contributed by atoms with Crippen molar-refractivity contribution in [1.29, 1.82) is 0 Å². The molecular weight excluding hydrogens is 374 g/mol. The Bertz CT molecular complexity index is 837. The summed E-state index contributed by atoms with van der Waals surface area (Å²) in [6, 6.07) is 6.11. The fourth-order valence-corrected chi connectivity index (χ4v) is 3.39. The number of hydrogen-bond donors (Lipinski definition) is 1. The van der Waals surface area contributed by atoms with Crippen molar-refractivity contribution in [2.24, 2.45) is 0 Å². The molecular formula is C20H25N5O4. The summed E-state index contributed by atoms with van der Waals surface area (Å²) in [4.78, 5) is 25.3. The van der Waals surface area contributed by atoms with E-state index in [4.69, 9.17) is 14.2 Å². The van der Waals surface area contributed by atoms with Crippen LogP contribution in [0.1, 0.15) is 16.1 Å². The van der Waals surface area contributed by atoms with E-state index < -0.39 is 0 Å². The van der Waals surface area contributed by atoms with E-state index in [1.165, 1.54) is 11.8 Å². The largest absolute Gasteiger partial charge is 0.454 e. The van der Waals surface area contributed by atoms with E-state index in [0.29, 0.717) is 25.6 Å². The molecule has 29 heavy (non-hydrogen) atoms. The van der Waals surface area contributed by atoms with Crippen molar-refractivity contribution in [2.75, 3.05) is 58.1 Å². The molecule has 154 valence electrons. The topological polar surface area (TPSA) is 89.1 Å². The van der Waals surface area contributed by atoms with Crippen LogP contribution in [0.15, 0.2) is 30.6 Å². The summed E-state index contributed by atoms with van der Waals surface area (Å²) in [7, 11) is 1.59. The zero-order valence-corrected chi connectivity index (χ0v) is 16.5. The van der Waals surface area contributed by atoms with Crippen LogP contribution in [0.4, 0.5) is 5.82 Å². The molecule has 1 saturated heterocycles. The van der Waals surface area contributed by atoms with Crippen LogP contribution in [-0.4, -0.2) is 74.0 Å². The Labute approximate surface area is 169 Å². The van der Waals surface area contributed by atoms with Crippen molar-refractivity contribution in [3.8, 4) is 11.5 Å². The molecule has 1 amide bonds. The van der Waals surface area contributed by atoms with Crippen LogP contribution in [0.5, 0.6) is 11.5 Å². The molecule has 9 nitrogen and oxygen atoms in total. The number of anilines is 1. The van der Waals surface area contributed by atoms with Gasteiger partial charge in [0.15, 0.2) is 11.5 Å². The van der Waals surface area contributed by atoms with Crippen molar-refractivity contribution >= 4 is 11.7 Å². The van der Waals surface area contributed by atoms with Gasteiger partial charge in [0.1, 0.15) is 11.5 Å². The van der Waals surface area contributed by atoms with Crippen LogP contribution in [0.3, 0.4) is 0 Å². The lowest BCUT2D eigenvalue weighted by molar-refractivity contribution is 0.0931. The van der Waals surface area contributed by atoms with Crippen molar-refractivity contribution in [3.63, 3.8) is 0 Å². The van der Waals surface area contributed by atoms with E-state index in [2.05, 4.69) is 37.2 Å². The second kappa shape index (κ2) is 9.06. The third kappa shape index (κ3) is 4.75. The highest BCUT2D eigenvalue weighted by atomic mass is 16.7. The highest BCUT2D eigenvalue weighted by molar-refractivity contribution is 5.91. The third-order valence-electron chi connectivity index (χ3n) is 5.00. The maximum Gasteiger partial charge on any atom is 0.271 e. The summed E-state index contributed by atoms with van der Waals surface area (Å²) in [5, 5.41) is 2.74. The maximum atomic E-state index is 12.0. The van der Waals surface area contributed by atoms with Gasteiger partial charge in [0, 0.05) is 46.4 Å². The number of aromatic nitrogens is 2. The van der Waals surface area contributed by atoms with Gasteiger partial charge in [-0.2, -0.15) is 0 Å². The van der Waals surface area contributed by atoms with Crippen LogP contribution in [0.25, 0.3) is 0 Å². The Balaban J connectivity index is 1.27. The number of carbonyl (C=O) groups excluding carboxylic acids is 1. The van der Waals surface area contributed by atoms with Crippen LogP contribution in [-0.2, 0) is 11.3 Å². The minimum Gasteiger partial charge on any atom is -0.454 e. The standard InChI is InChI=1S/C20H25N5O4/c1-27-9-4-21-20(26)16-11-23-19(12-22-16)25-7-5-24(6-8-25)13-15-2-3-17-18(10-15)29-14-28-17/h2-3,10-12H,4-9,13-14H2,1H3,(H,21,26). The maximum absolute atomic E-state index is 12.0. The van der Waals surface area contributed by atoms with Crippen LogP contribution in [0.2, 0.25) is 0 Å². The van der Waals surface area contributed by atoms with Gasteiger partial charge in [-0.05, 0) is 17.7 Å². The summed E-state index contributed by atoms with van der Waals surface area (Å²) in [6.45, 7) is 5.66. The average molecular weight is 399 g/mol. The fourth-order valence-electron chi connectivity index (χ4n) is 3.39. The first-order valence-electron chi connectivity index (χ1n) is 9.68. The summed E-state index contributed by atoms with van der Waals surface area (Å²) in [5.41, 5.74) is 1.53. The smallest absolute Gasteiger partial charge is 0.271 e. The molecule has 0 atom stereocenters. The van der Waals surface area contributed by atoms with Gasteiger partial charge in [-0.3, -0.25) is 9.69 Å². The van der Waals surface area contributed by atoms with E-state index in [0.717, 1.165) is 50.0 Å². The first-order valence-corrected chi connectivity index (χ1v) is 9.68. The number of nitrogens with zero attached hydrogens (tertiary/aromatic N) is 4. The number of benzene rings is 1. The van der Waals surface area contributed by atoms with Gasteiger partial charge in [0.05, 0.1) is 19.0 Å².